The molecule has 0 aromatic heterocycles. The zero-order valence-corrected chi connectivity index (χ0v) is 13.3. The van der Waals surface area contributed by atoms with Gasteiger partial charge in [0.2, 0.25) is 0 Å². The van der Waals surface area contributed by atoms with Crippen molar-refractivity contribution >= 4 is 11.8 Å². The molecule has 0 bridgehead atoms. The van der Waals surface area contributed by atoms with Crippen LogP contribution in [0.1, 0.15) is 27.6 Å². The lowest BCUT2D eigenvalue weighted by atomic mass is 10.2. The fourth-order valence-electron chi connectivity index (χ4n) is 1.98. The van der Waals surface area contributed by atoms with Gasteiger partial charge in [-0.25, -0.2) is 4.39 Å². The van der Waals surface area contributed by atoms with Gasteiger partial charge in [0.1, 0.15) is 17.3 Å². The maximum atomic E-state index is 13.3. The molecule has 24 heavy (non-hydrogen) atoms. The summed E-state index contributed by atoms with van der Waals surface area (Å²) >= 11 is 0. The molecule has 0 fully saturated rings. The Labute approximate surface area is 138 Å². The summed E-state index contributed by atoms with van der Waals surface area (Å²) in [6, 6.07) is 9.96. The van der Waals surface area contributed by atoms with Gasteiger partial charge < -0.3 is 9.47 Å². The highest BCUT2D eigenvalue weighted by atomic mass is 19.1. The molecule has 0 aliphatic rings. The molecule has 2 aromatic carbocycles. The van der Waals surface area contributed by atoms with E-state index in [9.17, 15) is 14.0 Å². The Balaban J connectivity index is 2.01. The van der Waals surface area contributed by atoms with Crippen LogP contribution in [0.15, 0.2) is 42.5 Å². The van der Waals surface area contributed by atoms with Gasteiger partial charge in [-0.15, -0.1) is 0 Å². The maximum Gasteiger partial charge on any atom is 0.273 e. The summed E-state index contributed by atoms with van der Waals surface area (Å²) in [5.41, 5.74) is 4.80. The second-order valence-electron chi connectivity index (χ2n) is 4.71. The van der Waals surface area contributed by atoms with Crippen molar-refractivity contribution in [1.82, 2.24) is 10.9 Å². The topological polar surface area (TPSA) is 76.7 Å². The van der Waals surface area contributed by atoms with Crippen LogP contribution in [0.4, 0.5) is 4.39 Å². The summed E-state index contributed by atoms with van der Waals surface area (Å²) in [5.74, 6) is -0.946. The lowest BCUT2D eigenvalue weighted by Gasteiger charge is -2.11. The maximum absolute atomic E-state index is 13.3. The van der Waals surface area contributed by atoms with E-state index < -0.39 is 17.6 Å². The molecule has 6 nitrogen and oxygen atoms in total. The largest absolute Gasteiger partial charge is 0.496 e. The van der Waals surface area contributed by atoms with Gasteiger partial charge in [-0.1, -0.05) is 0 Å². The van der Waals surface area contributed by atoms with Crippen molar-refractivity contribution in [2.24, 2.45) is 0 Å². The van der Waals surface area contributed by atoms with Gasteiger partial charge in [-0.05, 0) is 49.4 Å². The fraction of sp³-hybridized carbons (Fsp3) is 0.176. The Bertz CT molecular complexity index is 732. The number of nitrogens with one attached hydrogen (secondary N) is 2. The monoisotopic (exact) mass is 332 g/mol. The van der Waals surface area contributed by atoms with Gasteiger partial charge in [0, 0.05) is 5.56 Å². The van der Waals surface area contributed by atoms with Gasteiger partial charge >= 0.3 is 0 Å². The summed E-state index contributed by atoms with van der Waals surface area (Å²) < 4.78 is 23.6. The molecular formula is C17H17FN2O4. The van der Waals surface area contributed by atoms with Crippen molar-refractivity contribution in [3.8, 4) is 11.5 Å². The molecule has 2 rings (SSSR count). The zero-order valence-electron chi connectivity index (χ0n) is 13.3. The van der Waals surface area contributed by atoms with Crippen molar-refractivity contribution in [2.75, 3.05) is 13.7 Å². The number of rotatable bonds is 5. The number of carbonyl (C=O) groups excluding carboxylic acids is 2. The second-order valence-corrected chi connectivity index (χ2v) is 4.71. The first-order chi connectivity index (χ1) is 11.5. The number of carbonyl (C=O) groups is 2. The van der Waals surface area contributed by atoms with E-state index in [0.29, 0.717) is 17.9 Å². The molecule has 0 spiro atoms. The van der Waals surface area contributed by atoms with E-state index in [1.807, 2.05) is 6.92 Å². The molecule has 7 heteroatoms. The van der Waals surface area contributed by atoms with Crippen molar-refractivity contribution in [2.45, 2.75) is 6.92 Å². The number of halogens is 1. The molecule has 2 N–H and O–H groups in total. The summed E-state index contributed by atoms with van der Waals surface area (Å²) in [6.45, 7) is 2.38. The van der Waals surface area contributed by atoms with Crippen LogP contribution in [0.25, 0.3) is 0 Å². The van der Waals surface area contributed by atoms with E-state index >= 15 is 0 Å². The third-order valence-corrected chi connectivity index (χ3v) is 3.12. The van der Waals surface area contributed by atoms with Gasteiger partial charge in [0.15, 0.2) is 0 Å². The molecule has 0 aliphatic heterocycles. The van der Waals surface area contributed by atoms with Crippen molar-refractivity contribution in [3.63, 3.8) is 0 Å². The highest BCUT2D eigenvalue weighted by molar-refractivity contribution is 6.00. The van der Waals surface area contributed by atoms with E-state index in [1.165, 1.54) is 19.2 Å². The number of benzene rings is 2. The molecule has 0 aliphatic carbocycles. The second kappa shape index (κ2) is 7.96. The molecule has 0 heterocycles. The number of ether oxygens (including phenoxy) is 2. The third kappa shape index (κ3) is 4.22. The predicted molar refractivity (Wildman–Crippen MR) is 85.5 cm³/mol. The number of amides is 2. The van der Waals surface area contributed by atoms with E-state index in [1.54, 1.807) is 24.3 Å². The zero-order chi connectivity index (χ0) is 17.5. The first-order valence-electron chi connectivity index (χ1n) is 7.22. The van der Waals surface area contributed by atoms with Gasteiger partial charge in [-0.3, -0.25) is 20.4 Å². The van der Waals surface area contributed by atoms with Crippen LogP contribution < -0.4 is 20.3 Å². The number of hydrogen-bond acceptors (Lipinski definition) is 4. The molecule has 0 unspecified atom stereocenters. The molecule has 2 amide bonds. The lowest BCUT2D eigenvalue weighted by Crippen LogP contribution is -2.41. The van der Waals surface area contributed by atoms with Crippen molar-refractivity contribution in [3.05, 3.63) is 59.4 Å². The average Bonchev–Trinajstić information content (AvgIpc) is 2.60. The van der Waals surface area contributed by atoms with Crippen molar-refractivity contribution in [1.29, 1.82) is 0 Å². The first-order valence-corrected chi connectivity index (χ1v) is 7.22. The predicted octanol–water partition coefficient (Wildman–Crippen LogP) is 2.31. The Hall–Kier alpha value is -3.09. The van der Waals surface area contributed by atoms with Crippen LogP contribution in [0.3, 0.4) is 0 Å². The highest BCUT2D eigenvalue weighted by Crippen LogP contribution is 2.19. The van der Waals surface area contributed by atoms with Crippen LogP contribution in [0.5, 0.6) is 11.5 Å². The standard InChI is InChI=1S/C17H17FN2O4/c1-3-24-13-7-4-11(5-8-13)16(21)19-20-17(22)14-10-12(18)6-9-15(14)23-2/h4-10H,3H2,1-2H3,(H,19,21)(H,20,22). The average molecular weight is 332 g/mol. The molecule has 2 aromatic rings. The Morgan fingerprint density at radius 1 is 1.04 bits per heavy atom. The van der Waals surface area contributed by atoms with E-state index in [4.69, 9.17) is 9.47 Å². The lowest BCUT2D eigenvalue weighted by molar-refractivity contribution is 0.0844. The summed E-state index contributed by atoms with van der Waals surface area (Å²) in [5, 5.41) is 0. The summed E-state index contributed by atoms with van der Waals surface area (Å²) in [4.78, 5) is 24.1. The van der Waals surface area contributed by atoms with Crippen LogP contribution >= 0.6 is 0 Å². The number of hydrogen-bond donors (Lipinski definition) is 2. The SMILES string of the molecule is CCOc1ccc(C(=O)NNC(=O)c2cc(F)ccc2OC)cc1. The Morgan fingerprint density at radius 3 is 2.33 bits per heavy atom. The van der Waals surface area contributed by atoms with Gasteiger partial charge in [0.05, 0.1) is 19.3 Å². The molecule has 0 saturated carbocycles. The third-order valence-electron chi connectivity index (χ3n) is 3.12. The quantitative estimate of drug-likeness (QED) is 0.824. The van der Waals surface area contributed by atoms with Gasteiger partial charge in [-0.2, -0.15) is 0 Å². The van der Waals surface area contributed by atoms with Crippen LogP contribution in [-0.4, -0.2) is 25.5 Å². The van der Waals surface area contributed by atoms with Crippen LogP contribution in [-0.2, 0) is 0 Å². The minimum atomic E-state index is -0.689. The molecule has 0 saturated heterocycles. The van der Waals surface area contributed by atoms with Crippen LogP contribution in [0, 0.1) is 5.82 Å². The molecule has 0 atom stereocenters. The number of methoxy groups -OCH3 is 1. The summed E-state index contributed by atoms with van der Waals surface area (Å²) in [7, 11) is 1.36. The minimum Gasteiger partial charge on any atom is -0.496 e. The Kier molecular flexibility index (Phi) is 5.73. The number of hydrazine groups is 1. The van der Waals surface area contributed by atoms with E-state index in [-0.39, 0.29) is 11.3 Å². The normalized spacial score (nSPS) is 9.96. The highest BCUT2D eigenvalue weighted by Gasteiger charge is 2.14. The molecular weight excluding hydrogens is 315 g/mol. The van der Waals surface area contributed by atoms with Gasteiger partial charge in [0.25, 0.3) is 11.8 Å². The minimum absolute atomic E-state index is 0.0236. The Morgan fingerprint density at radius 2 is 1.71 bits per heavy atom. The fourth-order valence-corrected chi connectivity index (χ4v) is 1.98. The van der Waals surface area contributed by atoms with E-state index in [0.717, 1.165) is 6.07 Å². The summed E-state index contributed by atoms with van der Waals surface area (Å²) in [6.07, 6.45) is 0. The molecule has 0 radical (unpaired) electrons. The first kappa shape index (κ1) is 17.3. The smallest absolute Gasteiger partial charge is 0.273 e. The van der Waals surface area contributed by atoms with E-state index in [2.05, 4.69) is 10.9 Å². The molecule has 126 valence electrons. The van der Waals surface area contributed by atoms with Crippen LogP contribution in [0.2, 0.25) is 0 Å². The van der Waals surface area contributed by atoms with Crippen molar-refractivity contribution < 1.29 is 23.5 Å².